The van der Waals surface area contributed by atoms with Gasteiger partial charge in [0.2, 0.25) is 5.95 Å². The number of para-hydroxylation sites is 1. The fraction of sp³-hybridized carbons (Fsp3) is 0.265. The Balaban J connectivity index is 1.25. The van der Waals surface area contributed by atoms with E-state index >= 15 is 0 Å². The second kappa shape index (κ2) is 14.8. The molecule has 2 heterocycles. The SMILES string of the molecule is CC=CN1CCC[C@H](c2cccc(NCc3ccc(Nc4ncc(C(F)(F)F)c(Nc5ccccc5C(=O)NOC)n4)cc3)c2)C1. The molecule has 4 aromatic rings. The molecule has 1 amide bonds. The number of carbonyl (C=O) groups is 1. The van der Waals surface area contributed by atoms with E-state index in [1.54, 1.807) is 12.1 Å². The average molecular weight is 632 g/mol. The summed E-state index contributed by atoms with van der Waals surface area (Å²) >= 11 is 0. The van der Waals surface area contributed by atoms with Gasteiger partial charge in [0.25, 0.3) is 5.91 Å². The van der Waals surface area contributed by atoms with Crippen molar-refractivity contribution in [1.29, 1.82) is 0 Å². The number of hydrogen-bond acceptors (Lipinski definition) is 8. The second-order valence-electron chi connectivity index (χ2n) is 10.9. The van der Waals surface area contributed by atoms with Crippen molar-refractivity contribution in [3.05, 3.63) is 114 Å². The third-order valence-corrected chi connectivity index (χ3v) is 7.59. The van der Waals surface area contributed by atoms with Gasteiger partial charge in [-0.15, -0.1) is 0 Å². The number of amides is 1. The van der Waals surface area contributed by atoms with Crippen LogP contribution in [0.3, 0.4) is 0 Å². The summed E-state index contributed by atoms with van der Waals surface area (Å²) in [6.45, 7) is 4.75. The maximum absolute atomic E-state index is 13.8. The second-order valence-corrected chi connectivity index (χ2v) is 10.9. The number of anilines is 5. The number of nitrogens with zero attached hydrogens (tertiary/aromatic N) is 3. The zero-order valence-electron chi connectivity index (χ0n) is 25.6. The molecule has 0 unspecified atom stereocenters. The van der Waals surface area contributed by atoms with Gasteiger partial charge in [-0.2, -0.15) is 18.2 Å². The number of alkyl halides is 3. The van der Waals surface area contributed by atoms with Crippen LogP contribution in [0.1, 0.15) is 52.7 Å². The highest BCUT2D eigenvalue weighted by molar-refractivity contribution is 5.99. The van der Waals surface area contributed by atoms with Crippen LogP contribution in [0.25, 0.3) is 0 Å². The summed E-state index contributed by atoms with van der Waals surface area (Å²) in [4.78, 5) is 27.4. The van der Waals surface area contributed by atoms with Gasteiger partial charge in [0, 0.05) is 43.1 Å². The van der Waals surface area contributed by atoms with Gasteiger partial charge in [-0.25, -0.2) is 10.5 Å². The molecule has 9 nitrogen and oxygen atoms in total. The lowest BCUT2D eigenvalue weighted by molar-refractivity contribution is -0.137. The molecule has 1 atom stereocenters. The van der Waals surface area contributed by atoms with E-state index in [1.807, 2.05) is 31.2 Å². The summed E-state index contributed by atoms with van der Waals surface area (Å²) in [5, 5.41) is 9.11. The van der Waals surface area contributed by atoms with Crippen molar-refractivity contribution in [3.63, 3.8) is 0 Å². The Hall–Kier alpha value is -5.10. The first-order chi connectivity index (χ1) is 22.2. The molecular weight excluding hydrogens is 595 g/mol. The van der Waals surface area contributed by atoms with Crippen LogP contribution in [0.5, 0.6) is 0 Å². The molecule has 0 bridgehead atoms. The summed E-state index contributed by atoms with van der Waals surface area (Å²) < 4.78 is 41.5. The molecule has 1 aliphatic heterocycles. The molecule has 0 spiro atoms. The number of aromatic nitrogens is 2. The van der Waals surface area contributed by atoms with Gasteiger partial charge in [-0.1, -0.05) is 42.5 Å². The molecule has 4 N–H and O–H groups in total. The lowest BCUT2D eigenvalue weighted by Crippen LogP contribution is -2.30. The molecule has 12 heteroatoms. The Morgan fingerprint density at radius 2 is 1.85 bits per heavy atom. The van der Waals surface area contributed by atoms with Crippen molar-refractivity contribution in [2.45, 2.75) is 38.4 Å². The average Bonchev–Trinajstić information content (AvgIpc) is 3.05. The van der Waals surface area contributed by atoms with Crippen molar-refractivity contribution >= 4 is 34.7 Å². The Morgan fingerprint density at radius 3 is 2.61 bits per heavy atom. The van der Waals surface area contributed by atoms with Crippen LogP contribution in [0.15, 0.2) is 91.3 Å². The van der Waals surface area contributed by atoms with Gasteiger partial charge >= 0.3 is 6.18 Å². The first kappa shape index (κ1) is 32.3. The van der Waals surface area contributed by atoms with Crippen LogP contribution in [-0.2, 0) is 17.6 Å². The van der Waals surface area contributed by atoms with E-state index in [1.165, 1.54) is 37.6 Å². The molecule has 0 radical (unpaired) electrons. The normalized spacial score (nSPS) is 15.1. The van der Waals surface area contributed by atoms with Gasteiger partial charge in [-0.3, -0.25) is 9.63 Å². The third-order valence-electron chi connectivity index (χ3n) is 7.59. The fourth-order valence-electron chi connectivity index (χ4n) is 5.38. The molecule has 1 aliphatic rings. The van der Waals surface area contributed by atoms with E-state index in [0.717, 1.165) is 24.3 Å². The van der Waals surface area contributed by atoms with Crippen LogP contribution in [0.4, 0.5) is 42.0 Å². The zero-order chi connectivity index (χ0) is 32.5. The number of allylic oxidation sites excluding steroid dienone is 1. The van der Waals surface area contributed by atoms with E-state index in [4.69, 9.17) is 0 Å². The van der Waals surface area contributed by atoms with E-state index in [0.29, 0.717) is 24.3 Å². The van der Waals surface area contributed by atoms with Crippen LogP contribution >= 0.6 is 0 Å². The van der Waals surface area contributed by atoms with Crippen molar-refractivity contribution in [1.82, 2.24) is 20.3 Å². The van der Waals surface area contributed by atoms with Gasteiger partial charge in [0.1, 0.15) is 11.4 Å². The number of carbonyl (C=O) groups excluding carboxylic acids is 1. The Morgan fingerprint density at radius 1 is 1.04 bits per heavy atom. The monoisotopic (exact) mass is 631 g/mol. The zero-order valence-corrected chi connectivity index (χ0v) is 25.6. The first-order valence-electron chi connectivity index (χ1n) is 14.9. The van der Waals surface area contributed by atoms with Crippen LogP contribution in [0, 0.1) is 0 Å². The van der Waals surface area contributed by atoms with E-state index < -0.39 is 23.5 Å². The van der Waals surface area contributed by atoms with Gasteiger partial charge in [0.05, 0.1) is 18.4 Å². The van der Waals surface area contributed by atoms with Crippen molar-refractivity contribution in [2.75, 3.05) is 36.1 Å². The predicted molar refractivity (Wildman–Crippen MR) is 173 cm³/mol. The van der Waals surface area contributed by atoms with E-state index in [2.05, 4.69) is 77.7 Å². The maximum atomic E-state index is 13.8. The number of nitrogens with one attached hydrogen (secondary N) is 4. The van der Waals surface area contributed by atoms with E-state index in [9.17, 15) is 18.0 Å². The van der Waals surface area contributed by atoms with Gasteiger partial charge in [-0.05, 0) is 73.5 Å². The highest BCUT2D eigenvalue weighted by Gasteiger charge is 2.35. The lowest BCUT2D eigenvalue weighted by Gasteiger charge is -2.32. The Labute approximate surface area is 265 Å². The molecule has 46 heavy (non-hydrogen) atoms. The summed E-state index contributed by atoms with van der Waals surface area (Å²) in [5.74, 6) is -0.694. The Bertz CT molecular complexity index is 1660. The molecule has 5 rings (SSSR count). The molecule has 1 aromatic heterocycles. The fourth-order valence-corrected chi connectivity index (χ4v) is 5.38. The Kier molecular flexibility index (Phi) is 10.4. The summed E-state index contributed by atoms with van der Waals surface area (Å²) in [5.41, 5.74) is 5.27. The van der Waals surface area contributed by atoms with Crippen molar-refractivity contribution in [3.8, 4) is 0 Å². The topological polar surface area (TPSA) is 103 Å². The quantitative estimate of drug-likeness (QED) is 0.126. The minimum Gasteiger partial charge on any atom is -0.381 e. The van der Waals surface area contributed by atoms with Gasteiger partial charge in [0.15, 0.2) is 0 Å². The van der Waals surface area contributed by atoms with Crippen molar-refractivity contribution < 1.29 is 22.8 Å². The number of likely N-dealkylation sites (tertiary alicyclic amines) is 1. The highest BCUT2D eigenvalue weighted by atomic mass is 19.4. The number of rotatable bonds is 11. The highest BCUT2D eigenvalue weighted by Crippen LogP contribution is 2.36. The largest absolute Gasteiger partial charge is 0.421 e. The number of benzene rings is 3. The van der Waals surface area contributed by atoms with Crippen LogP contribution in [-0.4, -0.2) is 41.0 Å². The summed E-state index contributed by atoms with van der Waals surface area (Å²) in [7, 11) is 1.26. The number of hydroxylamine groups is 1. The first-order valence-corrected chi connectivity index (χ1v) is 14.9. The molecule has 1 fully saturated rings. The third kappa shape index (κ3) is 8.33. The summed E-state index contributed by atoms with van der Waals surface area (Å²) in [6.07, 6.45) is 2.56. The maximum Gasteiger partial charge on any atom is 0.421 e. The molecule has 240 valence electrons. The number of hydrogen-bond donors (Lipinski definition) is 4. The number of halogens is 3. The van der Waals surface area contributed by atoms with Crippen LogP contribution in [0.2, 0.25) is 0 Å². The number of piperidine rings is 1. The summed E-state index contributed by atoms with van der Waals surface area (Å²) in [6, 6.07) is 22.1. The molecule has 3 aromatic carbocycles. The smallest absolute Gasteiger partial charge is 0.381 e. The van der Waals surface area contributed by atoms with Crippen LogP contribution < -0.4 is 21.4 Å². The predicted octanol–water partition coefficient (Wildman–Crippen LogP) is 7.60. The van der Waals surface area contributed by atoms with Gasteiger partial charge < -0.3 is 20.9 Å². The minimum absolute atomic E-state index is 0.0484. The van der Waals surface area contributed by atoms with Crippen molar-refractivity contribution in [2.24, 2.45) is 0 Å². The molecular formula is C34H36F3N7O2. The molecule has 1 saturated heterocycles. The van der Waals surface area contributed by atoms with E-state index in [-0.39, 0.29) is 17.2 Å². The molecule has 0 aliphatic carbocycles. The minimum atomic E-state index is -4.73. The standard InChI is InChI=1S/C34H36F3N7O2/c1-3-17-44-18-7-9-25(22-44)24-8-6-10-27(19-24)38-20-23-13-15-26(16-14-23)40-33-39-21-29(34(35,36)37)31(42-33)41-30-12-5-4-11-28(30)32(45)43-46-2/h3-6,8,10-17,19,21,25,38H,7,9,18,20,22H2,1-2H3,(H,43,45)(H2,39,40,41,42)/t25-/m0/s1. The lowest BCUT2D eigenvalue weighted by atomic mass is 9.90. The molecule has 0 saturated carbocycles.